The van der Waals surface area contributed by atoms with Gasteiger partial charge in [-0.2, -0.15) is 5.10 Å². The fraction of sp³-hybridized carbons (Fsp3) is 0.583. The molecule has 0 saturated carbocycles. The first-order valence-corrected chi connectivity index (χ1v) is 6.33. The van der Waals surface area contributed by atoms with E-state index in [4.69, 9.17) is 0 Å². The highest BCUT2D eigenvalue weighted by Gasteiger charge is 2.09. The lowest BCUT2D eigenvalue weighted by Crippen LogP contribution is -2.24. The third kappa shape index (κ3) is 3.11. The van der Waals surface area contributed by atoms with E-state index in [0.29, 0.717) is 17.5 Å². The van der Waals surface area contributed by atoms with Crippen molar-refractivity contribution in [3.8, 4) is 0 Å². The van der Waals surface area contributed by atoms with Crippen molar-refractivity contribution in [2.24, 2.45) is 0 Å². The lowest BCUT2D eigenvalue weighted by molar-refractivity contribution is 0.390. The van der Waals surface area contributed by atoms with Crippen LogP contribution in [-0.4, -0.2) is 51.2 Å². The summed E-state index contributed by atoms with van der Waals surface area (Å²) in [5, 5.41) is 9.71. The molecule has 19 heavy (non-hydrogen) atoms. The summed E-state index contributed by atoms with van der Waals surface area (Å²) in [6, 6.07) is 2.08. The first kappa shape index (κ1) is 13.5. The minimum absolute atomic E-state index is 0.257. The van der Waals surface area contributed by atoms with Gasteiger partial charge in [0.05, 0.1) is 0 Å². The molecule has 2 heterocycles. The maximum atomic E-state index is 11.5. The van der Waals surface area contributed by atoms with E-state index >= 15 is 0 Å². The number of rotatable bonds is 5. The number of fused-ring (bicyclic) bond motifs is 1. The summed E-state index contributed by atoms with van der Waals surface area (Å²) in [6.07, 6.45) is 1.02. The molecule has 7 heteroatoms. The number of aromatic nitrogens is 4. The molecule has 1 unspecified atom stereocenters. The van der Waals surface area contributed by atoms with E-state index in [0.717, 1.165) is 18.8 Å². The van der Waals surface area contributed by atoms with Crippen LogP contribution in [0.1, 0.15) is 19.2 Å². The van der Waals surface area contributed by atoms with Crippen LogP contribution in [-0.2, 0) is 0 Å². The Kier molecular flexibility index (Phi) is 3.84. The molecular weight excluding hydrogens is 244 g/mol. The van der Waals surface area contributed by atoms with Crippen LogP contribution in [0.25, 0.3) is 5.65 Å². The van der Waals surface area contributed by atoms with Crippen LogP contribution in [0.3, 0.4) is 0 Å². The molecule has 0 radical (unpaired) electrons. The molecule has 2 rings (SSSR count). The van der Waals surface area contributed by atoms with Gasteiger partial charge in [0, 0.05) is 12.1 Å². The molecule has 0 bridgehead atoms. The van der Waals surface area contributed by atoms with E-state index in [1.54, 1.807) is 13.0 Å². The summed E-state index contributed by atoms with van der Waals surface area (Å²) in [5.41, 5.74) is 0.326. The monoisotopic (exact) mass is 264 g/mol. The minimum atomic E-state index is -0.257. The number of hydrogen-bond donors (Lipinski definition) is 2. The van der Waals surface area contributed by atoms with Gasteiger partial charge >= 0.3 is 5.69 Å². The largest absolute Gasteiger partial charge is 0.367 e. The van der Waals surface area contributed by atoms with Crippen LogP contribution in [0.2, 0.25) is 0 Å². The normalized spacial score (nSPS) is 13.1. The molecule has 0 amide bonds. The second-order valence-corrected chi connectivity index (χ2v) is 5.05. The quantitative estimate of drug-likeness (QED) is 0.821. The molecule has 0 aliphatic carbocycles. The van der Waals surface area contributed by atoms with Crippen molar-refractivity contribution >= 4 is 11.5 Å². The van der Waals surface area contributed by atoms with Crippen LogP contribution in [0, 0.1) is 6.92 Å². The molecule has 0 aromatic carbocycles. The zero-order valence-electron chi connectivity index (χ0n) is 11.8. The third-order valence-corrected chi connectivity index (χ3v) is 2.97. The van der Waals surface area contributed by atoms with E-state index in [1.165, 1.54) is 4.40 Å². The Morgan fingerprint density at radius 3 is 2.95 bits per heavy atom. The van der Waals surface area contributed by atoms with Gasteiger partial charge in [0.2, 0.25) is 0 Å². The van der Waals surface area contributed by atoms with E-state index in [-0.39, 0.29) is 5.69 Å². The van der Waals surface area contributed by atoms with Gasteiger partial charge in [-0.15, -0.1) is 0 Å². The van der Waals surface area contributed by atoms with Crippen LogP contribution >= 0.6 is 0 Å². The Hall–Kier alpha value is -1.89. The van der Waals surface area contributed by atoms with Crippen molar-refractivity contribution in [1.29, 1.82) is 0 Å². The zero-order chi connectivity index (χ0) is 14.0. The van der Waals surface area contributed by atoms with Crippen molar-refractivity contribution in [3.05, 3.63) is 22.4 Å². The van der Waals surface area contributed by atoms with Crippen molar-refractivity contribution in [2.75, 3.05) is 26.0 Å². The van der Waals surface area contributed by atoms with Gasteiger partial charge in [-0.05, 0) is 40.9 Å². The maximum absolute atomic E-state index is 11.5. The second-order valence-electron chi connectivity index (χ2n) is 5.05. The number of hydrogen-bond acceptors (Lipinski definition) is 5. The molecule has 2 aromatic rings. The summed E-state index contributed by atoms with van der Waals surface area (Å²) in [7, 11) is 4.11. The number of aromatic amines is 1. The van der Waals surface area contributed by atoms with Crippen molar-refractivity contribution in [3.63, 3.8) is 0 Å². The molecule has 7 nitrogen and oxygen atoms in total. The summed E-state index contributed by atoms with van der Waals surface area (Å²) in [4.78, 5) is 18.0. The van der Waals surface area contributed by atoms with E-state index < -0.39 is 0 Å². The van der Waals surface area contributed by atoms with Crippen LogP contribution < -0.4 is 11.0 Å². The third-order valence-electron chi connectivity index (χ3n) is 2.97. The average molecular weight is 264 g/mol. The predicted molar refractivity (Wildman–Crippen MR) is 74.6 cm³/mol. The Morgan fingerprint density at radius 2 is 2.26 bits per heavy atom. The van der Waals surface area contributed by atoms with Gasteiger partial charge in [0.25, 0.3) is 0 Å². The summed E-state index contributed by atoms with van der Waals surface area (Å²) >= 11 is 0. The fourth-order valence-electron chi connectivity index (χ4n) is 1.95. The molecule has 0 spiro atoms. The number of nitrogens with zero attached hydrogens (tertiary/aromatic N) is 4. The van der Waals surface area contributed by atoms with E-state index in [2.05, 4.69) is 46.4 Å². The zero-order valence-corrected chi connectivity index (χ0v) is 11.8. The lowest BCUT2D eigenvalue weighted by atomic mass is 10.2. The molecule has 0 aliphatic rings. The van der Waals surface area contributed by atoms with Crippen LogP contribution in [0.4, 0.5) is 5.82 Å². The molecule has 0 aliphatic heterocycles. The lowest BCUT2D eigenvalue weighted by Gasteiger charge is -2.17. The van der Waals surface area contributed by atoms with Crippen LogP contribution in [0.5, 0.6) is 0 Å². The van der Waals surface area contributed by atoms with Crippen molar-refractivity contribution in [2.45, 2.75) is 26.3 Å². The summed E-state index contributed by atoms with van der Waals surface area (Å²) in [6.45, 7) is 4.91. The summed E-state index contributed by atoms with van der Waals surface area (Å²) in [5.74, 6) is 1.37. The van der Waals surface area contributed by atoms with Gasteiger partial charge < -0.3 is 10.2 Å². The minimum Gasteiger partial charge on any atom is -0.367 e. The number of nitrogens with one attached hydrogen (secondary N) is 2. The van der Waals surface area contributed by atoms with Crippen LogP contribution in [0.15, 0.2) is 10.9 Å². The van der Waals surface area contributed by atoms with Gasteiger partial charge in [0.1, 0.15) is 11.6 Å². The molecular formula is C12H20N6O. The first-order valence-electron chi connectivity index (χ1n) is 6.33. The maximum Gasteiger partial charge on any atom is 0.349 e. The standard InChI is InChI=1S/C12H20N6O/c1-8(5-6-17(3)4)13-10-7-11-15-16-12(19)18(11)9(2)14-10/h7-8,13H,5-6H2,1-4H3,(H,16,19). The Labute approximate surface area is 111 Å². The Bertz CT molecular complexity index is 614. The molecule has 2 N–H and O–H groups in total. The summed E-state index contributed by atoms with van der Waals surface area (Å²) < 4.78 is 1.45. The highest BCUT2D eigenvalue weighted by Crippen LogP contribution is 2.10. The smallest absolute Gasteiger partial charge is 0.349 e. The fourth-order valence-corrected chi connectivity index (χ4v) is 1.95. The molecule has 1 atom stereocenters. The highest BCUT2D eigenvalue weighted by molar-refractivity contribution is 5.49. The number of H-pyrrole nitrogens is 1. The predicted octanol–water partition coefficient (Wildman–Crippen LogP) is 0.478. The molecule has 0 fully saturated rings. The first-order chi connectivity index (χ1) is 8.97. The number of aryl methyl sites for hydroxylation is 1. The van der Waals surface area contributed by atoms with Gasteiger partial charge in [0.15, 0.2) is 5.65 Å². The Balaban J connectivity index is 2.15. The van der Waals surface area contributed by atoms with Gasteiger partial charge in [-0.1, -0.05) is 0 Å². The number of anilines is 1. The SMILES string of the molecule is Cc1nc(NC(C)CCN(C)C)cc2n[nH]c(=O)n12. The van der Waals surface area contributed by atoms with Crippen molar-refractivity contribution in [1.82, 2.24) is 24.5 Å². The molecule has 2 aromatic heterocycles. The van der Waals surface area contributed by atoms with Gasteiger partial charge in [-0.25, -0.2) is 19.3 Å². The van der Waals surface area contributed by atoms with E-state index in [1.807, 2.05) is 0 Å². The topological polar surface area (TPSA) is 78.3 Å². The highest BCUT2D eigenvalue weighted by atomic mass is 16.1. The average Bonchev–Trinajstić information content (AvgIpc) is 2.68. The Morgan fingerprint density at radius 1 is 1.53 bits per heavy atom. The molecule has 0 saturated heterocycles. The molecule has 104 valence electrons. The van der Waals surface area contributed by atoms with E-state index in [9.17, 15) is 4.79 Å². The van der Waals surface area contributed by atoms with Gasteiger partial charge in [-0.3, -0.25) is 0 Å². The second kappa shape index (κ2) is 5.40. The van der Waals surface area contributed by atoms with Crippen molar-refractivity contribution < 1.29 is 0 Å².